The van der Waals surface area contributed by atoms with Crippen LogP contribution in [-0.2, 0) is 13.0 Å². The summed E-state index contributed by atoms with van der Waals surface area (Å²) in [5.41, 5.74) is 0.836. The zero-order valence-corrected chi connectivity index (χ0v) is 11.5. The van der Waals surface area contributed by atoms with Crippen molar-refractivity contribution < 1.29 is 9.90 Å². The Bertz CT molecular complexity index is 540. The minimum absolute atomic E-state index is 0.0882. The van der Waals surface area contributed by atoms with Crippen molar-refractivity contribution in [3.8, 4) is 0 Å². The summed E-state index contributed by atoms with van der Waals surface area (Å²) < 4.78 is 0. The van der Waals surface area contributed by atoms with Crippen molar-refractivity contribution in [3.05, 3.63) is 52.0 Å². The second kappa shape index (κ2) is 6.45. The first-order valence-corrected chi connectivity index (χ1v) is 6.98. The van der Waals surface area contributed by atoms with Crippen LogP contribution in [0.4, 0.5) is 0 Å². The first-order valence-electron chi connectivity index (χ1n) is 6.10. The number of nitrogens with one attached hydrogen (secondary N) is 1. The third-order valence-corrected chi connectivity index (χ3v) is 3.64. The average Bonchev–Trinajstić information content (AvgIpc) is 2.89. The molecule has 19 heavy (non-hydrogen) atoms. The second-order valence-electron chi connectivity index (χ2n) is 4.38. The molecule has 2 rings (SSSR count). The minimum atomic E-state index is -0.992. The molecule has 5 heteroatoms. The molecule has 0 aliphatic heterocycles. The van der Waals surface area contributed by atoms with Crippen LogP contribution < -0.4 is 5.32 Å². The lowest BCUT2D eigenvalue weighted by molar-refractivity contribution is 0.0690. The molecule has 4 nitrogen and oxygen atoms in total. The van der Waals surface area contributed by atoms with Crippen molar-refractivity contribution in [2.24, 2.45) is 0 Å². The number of aromatic nitrogens is 1. The molecule has 1 atom stereocenters. The van der Waals surface area contributed by atoms with Gasteiger partial charge in [0.15, 0.2) is 0 Å². The molecule has 0 saturated carbocycles. The van der Waals surface area contributed by atoms with Gasteiger partial charge in [0, 0.05) is 17.5 Å². The van der Waals surface area contributed by atoms with E-state index < -0.39 is 5.97 Å². The van der Waals surface area contributed by atoms with Gasteiger partial charge in [-0.15, -0.1) is 11.3 Å². The number of thiophene rings is 1. The molecule has 2 aromatic heterocycles. The Labute approximate surface area is 116 Å². The van der Waals surface area contributed by atoms with Gasteiger partial charge in [0.1, 0.15) is 5.69 Å². The van der Waals surface area contributed by atoms with Gasteiger partial charge in [0.2, 0.25) is 0 Å². The molecule has 0 aliphatic carbocycles. The number of carboxylic acid groups (broad SMARTS) is 1. The molecule has 2 N–H and O–H groups in total. The number of hydrogen-bond acceptors (Lipinski definition) is 4. The molecule has 2 aromatic rings. The van der Waals surface area contributed by atoms with Gasteiger partial charge < -0.3 is 10.4 Å². The van der Waals surface area contributed by atoms with Gasteiger partial charge in [-0.3, -0.25) is 0 Å². The first-order chi connectivity index (χ1) is 9.15. The zero-order chi connectivity index (χ0) is 13.7. The number of pyridine rings is 1. The lowest BCUT2D eigenvalue weighted by atomic mass is 10.2. The van der Waals surface area contributed by atoms with E-state index in [1.165, 1.54) is 10.9 Å². The van der Waals surface area contributed by atoms with Crippen molar-refractivity contribution >= 4 is 17.3 Å². The highest BCUT2D eigenvalue weighted by Gasteiger charge is 2.07. The molecular formula is C14H16N2O2S. The van der Waals surface area contributed by atoms with Crippen LogP contribution in [0, 0.1) is 0 Å². The van der Waals surface area contributed by atoms with Crippen LogP contribution in [0.15, 0.2) is 35.7 Å². The smallest absolute Gasteiger partial charge is 0.354 e. The standard InChI is InChI=1S/C14H16N2O2S/c1-10(8-12-5-3-7-19-12)15-9-11-4-2-6-13(16-11)14(17)18/h2-7,10,15H,8-9H2,1H3,(H,17,18). The fraction of sp³-hybridized carbons (Fsp3) is 0.286. The summed E-state index contributed by atoms with van der Waals surface area (Å²) >= 11 is 1.75. The Kier molecular flexibility index (Phi) is 4.65. The number of aromatic carboxylic acids is 1. The lowest BCUT2D eigenvalue weighted by Crippen LogP contribution is -2.27. The number of rotatable bonds is 6. The van der Waals surface area contributed by atoms with Crippen LogP contribution in [0.1, 0.15) is 28.0 Å². The van der Waals surface area contributed by atoms with Crippen molar-refractivity contribution in [3.63, 3.8) is 0 Å². The minimum Gasteiger partial charge on any atom is -0.477 e. The molecule has 0 aliphatic rings. The van der Waals surface area contributed by atoms with E-state index in [1.54, 1.807) is 17.4 Å². The average molecular weight is 276 g/mol. The van der Waals surface area contributed by atoms with Gasteiger partial charge >= 0.3 is 5.97 Å². The summed E-state index contributed by atoms with van der Waals surface area (Å²) in [6.07, 6.45) is 0.969. The summed E-state index contributed by atoms with van der Waals surface area (Å²) in [5, 5.41) is 14.3. The molecule has 0 aromatic carbocycles. The predicted molar refractivity (Wildman–Crippen MR) is 75.5 cm³/mol. The van der Waals surface area contributed by atoms with E-state index in [9.17, 15) is 4.79 Å². The molecule has 0 bridgehead atoms. The third kappa shape index (κ3) is 4.15. The zero-order valence-electron chi connectivity index (χ0n) is 10.7. The van der Waals surface area contributed by atoms with Gasteiger partial charge in [-0.05, 0) is 36.9 Å². The second-order valence-corrected chi connectivity index (χ2v) is 5.42. The van der Waals surface area contributed by atoms with Crippen molar-refractivity contribution in [2.45, 2.75) is 25.9 Å². The molecule has 0 spiro atoms. The third-order valence-electron chi connectivity index (χ3n) is 2.74. The van der Waals surface area contributed by atoms with Crippen molar-refractivity contribution in [1.29, 1.82) is 0 Å². The summed E-state index contributed by atoms with van der Waals surface area (Å²) in [6, 6.07) is 9.54. The summed E-state index contributed by atoms with van der Waals surface area (Å²) in [5.74, 6) is -0.992. The first kappa shape index (κ1) is 13.7. The van der Waals surface area contributed by atoms with E-state index in [2.05, 4.69) is 28.7 Å². The SMILES string of the molecule is CC(Cc1cccs1)NCc1cccc(C(=O)O)n1. The van der Waals surface area contributed by atoms with Gasteiger partial charge in [-0.2, -0.15) is 0 Å². The highest BCUT2D eigenvalue weighted by Crippen LogP contribution is 2.11. The van der Waals surface area contributed by atoms with E-state index in [1.807, 2.05) is 12.1 Å². The highest BCUT2D eigenvalue weighted by atomic mass is 32.1. The molecule has 100 valence electrons. The fourth-order valence-electron chi connectivity index (χ4n) is 1.78. The Hall–Kier alpha value is -1.72. The molecule has 0 radical (unpaired) electrons. The summed E-state index contributed by atoms with van der Waals surface area (Å²) in [6.45, 7) is 2.69. The molecule has 2 heterocycles. The van der Waals surface area contributed by atoms with E-state index in [-0.39, 0.29) is 5.69 Å². The van der Waals surface area contributed by atoms with Gasteiger partial charge in [-0.25, -0.2) is 9.78 Å². The van der Waals surface area contributed by atoms with E-state index in [0.717, 1.165) is 12.1 Å². The van der Waals surface area contributed by atoms with Crippen molar-refractivity contribution in [1.82, 2.24) is 10.3 Å². The van der Waals surface area contributed by atoms with Gasteiger partial charge in [0.25, 0.3) is 0 Å². The Morgan fingerprint density at radius 2 is 2.26 bits per heavy atom. The normalized spacial score (nSPS) is 12.3. The number of nitrogens with zero attached hydrogens (tertiary/aromatic N) is 1. The van der Waals surface area contributed by atoms with Crippen LogP contribution in [-0.4, -0.2) is 22.1 Å². The maximum atomic E-state index is 10.8. The van der Waals surface area contributed by atoms with Crippen LogP contribution in [0.5, 0.6) is 0 Å². The fourth-order valence-corrected chi connectivity index (χ4v) is 2.61. The van der Waals surface area contributed by atoms with Gasteiger partial charge in [0.05, 0.1) is 5.69 Å². The van der Waals surface area contributed by atoms with Crippen LogP contribution in [0.2, 0.25) is 0 Å². The molecule has 0 amide bonds. The largest absolute Gasteiger partial charge is 0.477 e. The molecular weight excluding hydrogens is 260 g/mol. The number of carbonyl (C=O) groups is 1. The summed E-state index contributed by atoms with van der Waals surface area (Å²) in [4.78, 5) is 16.2. The highest BCUT2D eigenvalue weighted by molar-refractivity contribution is 7.09. The monoisotopic (exact) mass is 276 g/mol. The quantitative estimate of drug-likeness (QED) is 0.851. The van der Waals surface area contributed by atoms with Crippen LogP contribution in [0.25, 0.3) is 0 Å². The Morgan fingerprint density at radius 3 is 2.95 bits per heavy atom. The molecule has 0 saturated heterocycles. The number of hydrogen-bond donors (Lipinski definition) is 2. The van der Waals surface area contributed by atoms with Crippen molar-refractivity contribution in [2.75, 3.05) is 0 Å². The maximum Gasteiger partial charge on any atom is 0.354 e. The van der Waals surface area contributed by atoms with E-state index in [0.29, 0.717) is 12.6 Å². The number of carboxylic acids is 1. The van der Waals surface area contributed by atoms with Crippen LogP contribution in [0.3, 0.4) is 0 Å². The molecule has 1 unspecified atom stereocenters. The predicted octanol–water partition coefficient (Wildman–Crippen LogP) is 2.56. The molecule has 0 fully saturated rings. The Morgan fingerprint density at radius 1 is 1.42 bits per heavy atom. The van der Waals surface area contributed by atoms with E-state index >= 15 is 0 Å². The lowest BCUT2D eigenvalue weighted by Gasteiger charge is -2.12. The van der Waals surface area contributed by atoms with E-state index in [4.69, 9.17) is 5.11 Å². The summed E-state index contributed by atoms with van der Waals surface area (Å²) in [7, 11) is 0. The van der Waals surface area contributed by atoms with Gasteiger partial charge in [-0.1, -0.05) is 12.1 Å². The topological polar surface area (TPSA) is 62.2 Å². The van der Waals surface area contributed by atoms with Crippen LogP contribution >= 0.6 is 11.3 Å². The Balaban J connectivity index is 1.88. The maximum absolute atomic E-state index is 10.8.